The molecular weight excluding hydrogens is 400 g/mol. The number of sulfone groups is 1. The van der Waals surface area contributed by atoms with Crippen molar-refractivity contribution in [3.63, 3.8) is 0 Å². The summed E-state index contributed by atoms with van der Waals surface area (Å²) in [5.74, 6) is 0. The number of halogens is 1. The van der Waals surface area contributed by atoms with Gasteiger partial charge in [0.15, 0.2) is 14.7 Å². The molecule has 1 aliphatic rings. The summed E-state index contributed by atoms with van der Waals surface area (Å²) in [5.41, 5.74) is 6.52. The third-order valence-electron chi connectivity index (χ3n) is 4.87. The van der Waals surface area contributed by atoms with Crippen molar-refractivity contribution in [2.24, 2.45) is 0 Å². The quantitative estimate of drug-likeness (QED) is 0.582. The van der Waals surface area contributed by atoms with Gasteiger partial charge in [0, 0.05) is 12.7 Å². The van der Waals surface area contributed by atoms with Crippen LogP contribution in [-0.4, -0.2) is 33.3 Å². The van der Waals surface area contributed by atoms with Gasteiger partial charge in [-0.05, 0) is 36.8 Å². The number of likely N-dealkylation sites (N-methyl/N-ethyl adjacent to an activating group) is 1. The van der Waals surface area contributed by atoms with Crippen molar-refractivity contribution in [3.05, 3.63) is 53.1 Å². The van der Waals surface area contributed by atoms with E-state index in [1.54, 1.807) is 18.2 Å². The highest BCUT2D eigenvalue weighted by molar-refractivity contribution is 7.94. The minimum atomic E-state index is -4.79. The summed E-state index contributed by atoms with van der Waals surface area (Å²) in [6.07, 6.45) is 0. The summed E-state index contributed by atoms with van der Waals surface area (Å²) < 4.78 is 61.1. The first kappa shape index (κ1) is 19.0. The topological polar surface area (TPSA) is 118 Å². The molecule has 0 saturated carbocycles. The van der Waals surface area contributed by atoms with E-state index in [2.05, 4.69) is 0 Å². The molecule has 3 N–H and O–H groups in total. The van der Waals surface area contributed by atoms with Crippen molar-refractivity contribution in [2.45, 2.75) is 21.9 Å². The lowest BCUT2D eigenvalue weighted by molar-refractivity contribution is 0.425. The average molecular weight is 417 g/mol. The molecule has 0 bridgehead atoms. The number of rotatable bonds is 3. The highest BCUT2D eigenvalue weighted by atomic mass is 35.5. The van der Waals surface area contributed by atoms with Crippen molar-refractivity contribution in [2.75, 3.05) is 17.7 Å². The Morgan fingerprint density at radius 3 is 2.35 bits per heavy atom. The van der Waals surface area contributed by atoms with Crippen LogP contribution >= 0.6 is 11.6 Å². The van der Waals surface area contributed by atoms with Crippen LogP contribution in [-0.2, 0) is 20.0 Å². The molecule has 2 aromatic carbocycles. The Hall–Kier alpha value is -1.81. The molecule has 0 radical (unpaired) electrons. The van der Waals surface area contributed by atoms with Gasteiger partial charge >= 0.3 is 0 Å². The number of nitrogen functional groups attached to an aromatic ring is 1. The molecule has 7 nitrogen and oxygen atoms in total. The first-order valence-electron chi connectivity index (χ1n) is 7.51. The molecule has 1 heterocycles. The monoisotopic (exact) mass is 416 g/mol. The Morgan fingerprint density at radius 2 is 1.77 bits per heavy atom. The number of anilines is 2. The van der Waals surface area contributed by atoms with Crippen LogP contribution in [0, 0.1) is 0 Å². The minimum Gasteiger partial charge on any atom is -0.398 e. The normalized spacial score (nSPS) is 23.1. The van der Waals surface area contributed by atoms with Gasteiger partial charge in [0.05, 0.1) is 15.6 Å². The van der Waals surface area contributed by atoms with E-state index in [0.29, 0.717) is 5.69 Å². The molecule has 3 rings (SSSR count). The number of nitrogens with two attached hydrogens (primary N) is 1. The molecule has 1 aliphatic heterocycles. The fraction of sp³-hybridized carbons (Fsp3) is 0.250. The average Bonchev–Trinajstić information content (AvgIpc) is 2.79. The zero-order valence-electron chi connectivity index (χ0n) is 13.9. The van der Waals surface area contributed by atoms with Crippen molar-refractivity contribution in [1.82, 2.24) is 0 Å². The second-order valence-electron chi connectivity index (χ2n) is 6.26. The minimum absolute atomic E-state index is 0.0410. The summed E-state index contributed by atoms with van der Waals surface area (Å²) in [4.78, 5) is -1.02. The Kier molecular flexibility index (Phi) is 4.27. The van der Waals surface area contributed by atoms with E-state index in [4.69, 9.17) is 17.3 Å². The first-order valence-corrected chi connectivity index (χ1v) is 10.9. The summed E-state index contributed by atoms with van der Waals surface area (Å²) in [5, 5.41) is -1.51. The van der Waals surface area contributed by atoms with E-state index in [1.807, 2.05) is 0 Å². The van der Waals surface area contributed by atoms with Crippen molar-refractivity contribution < 1.29 is 21.4 Å². The Balaban J connectivity index is 2.34. The highest BCUT2D eigenvalue weighted by Crippen LogP contribution is 2.53. The summed E-state index contributed by atoms with van der Waals surface area (Å²) in [6, 6.07) is 10.2. The van der Waals surface area contributed by atoms with Crippen LogP contribution in [0.15, 0.2) is 47.4 Å². The van der Waals surface area contributed by atoms with Crippen molar-refractivity contribution >= 4 is 42.9 Å². The molecule has 0 fully saturated rings. The first-order chi connectivity index (χ1) is 11.9. The molecule has 0 aliphatic carbocycles. The van der Waals surface area contributed by atoms with Gasteiger partial charge in [-0.25, -0.2) is 8.42 Å². The van der Waals surface area contributed by atoms with E-state index in [-0.39, 0.29) is 21.2 Å². The standard InChI is InChI=1S/C16H17ClN2O5S2/c1-16(26(22,23)24)15(11-5-3-4-6-14(11)19(16)2)25(20,21)10-7-8-13(18)12(17)9-10/h3-9,15H,18H2,1-2H3,(H,22,23,24). The van der Waals surface area contributed by atoms with Crippen LogP contribution in [0.3, 0.4) is 0 Å². The summed E-state index contributed by atoms with van der Waals surface area (Å²) >= 11 is 5.95. The molecule has 2 unspecified atom stereocenters. The van der Waals surface area contributed by atoms with Gasteiger partial charge < -0.3 is 10.6 Å². The number of para-hydroxylation sites is 1. The lowest BCUT2D eigenvalue weighted by atomic mass is 10.1. The van der Waals surface area contributed by atoms with E-state index in [1.165, 1.54) is 43.1 Å². The summed E-state index contributed by atoms with van der Waals surface area (Å²) in [7, 11) is -7.60. The molecule has 2 aromatic rings. The van der Waals surface area contributed by atoms with E-state index < -0.39 is 30.1 Å². The second-order valence-corrected chi connectivity index (χ2v) is 10.5. The van der Waals surface area contributed by atoms with Gasteiger partial charge in [-0.3, -0.25) is 4.55 Å². The van der Waals surface area contributed by atoms with E-state index in [9.17, 15) is 21.4 Å². The number of hydrogen-bond donors (Lipinski definition) is 2. The lowest BCUT2D eigenvalue weighted by Gasteiger charge is -2.35. The van der Waals surface area contributed by atoms with Crippen LogP contribution in [0.4, 0.5) is 11.4 Å². The molecule has 26 heavy (non-hydrogen) atoms. The maximum Gasteiger partial charge on any atom is 0.290 e. The Morgan fingerprint density at radius 1 is 1.15 bits per heavy atom. The molecule has 2 atom stereocenters. The predicted octanol–water partition coefficient (Wildman–Crippen LogP) is 2.49. The number of benzene rings is 2. The number of hydrogen-bond acceptors (Lipinski definition) is 6. The van der Waals surface area contributed by atoms with Crippen LogP contribution in [0.2, 0.25) is 5.02 Å². The molecule has 0 saturated heterocycles. The lowest BCUT2D eigenvalue weighted by Crippen LogP contribution is -2.52. The van der Waals surface area contributed by atoms with Crippen LogP contribution < -0.4 is 10.6 Å². The molecule has 10 heteroatoms. The fourth-order valence-electron chi connectivity index (χ4n) is 3.30. The number of fused-ring (bicyclic) bond motifs is 1. The molecule has 0 spiro atoms. The van der Waals surface area contributed by atoms with Crippen LogP contribution in [0.25, 0.3) is 0 Å². The zero-order valence-corrected chi connectivity index (χ0v) is 16.3. The van der Waals surface area contributed by atoms with E-state index >= 15 is 0 Å². The Bertz CT molecular complexity index is 1100. The Labute approximate surface area is 157 Å². The second kappa shape index (κ2) is 5.85. The maximum absolute atomic E-state index is 13.4. The van der Waals surface area contributed by atoms with Gasteiger partial charge in [-0.15, -0.1) is 0 Å². The molecular formula is C16H17ClN2O5S2. The van der Waals surface area contributed by atoms with Crippen molar-refractivity contribution in [1.29, 1.82) is 0 Å². The van der Waals surface area contributed by atoms with Gasteiger partial charge in [0.2, 0.25) is 0 Å². The highest BCUT2D eigenvalue weighted by Gasteiger charge is 2.60. The third kappa shape index (κ3) is 2.50. The van der Waals surface area contributed by atoms with Gasteiger partial charge in [0.1, 0.15) is 5.25 Å². The third-order valence-corrected chi connectivity index (χ3v) is 9.14. The van der Waals surface area contributed by atoms with Gasteiger partial charge in [-0.2, -0.15) is 8.42 Å². The largest absolute Gasteiger partial charge is 0.398 e. The van der Waals surface area contributed by atoms with Crippen LogP contribution in [0.1, 0.15) is 17.7 Å². The maximum atomic E-state index is 13.4. The molecule has 0 aromatic heterocycles. The molecule has 0 amide bonds. The zero-order chi connectivity index (χ0) is 19.5. The number of nitrogens with zero attached hydrogens (tertiary/aromatic N) is 1. The summed E-state index contributed by atoms with van der Waals surface area (Å²) in [6.45, 7) is 1.18. The van der Waals surface area contributed by atoms with Crippen molar-refractivity contribution in [3.8, 4) is 0 Å². The van der Waals surface area contributed by atoms with E-state index in [0.717, 1.165) is 0 Å². The fourth-order valence-corrected chi connectivity index (χ4v) is 7.21. The van der Waals surface area contributed by atoms with Gasteiger partial charge in [0.25, 0.3) is 10.1 Å². The van der Waals surface area contributed by atoms with Crippen LogP contribution in [0.5, 0.6) is 0 Å². The molecule has 140 valence electrons. The van der Waals surface area contributed by atoms with Gasteiger partial charge in [-0.1, -0.05) is 29.8 Å². The SMILES string of the molecule is CN1c2ccccc2C(S(=O)(=O)c2ccc(N)c(Cl)c2)C1(C)S(=O)(=O)O. The predicted molar refractivity (Wildman–Crippen MR) is 101 cm³/mol. The smallest absolute Gasteiger partial charge is 0.290 e.